The number of benzene rings is 1. The van der Waals surface area contributed by atoms with Gasteiger partial charge in [0, 0.05) is 33.3 Å². The molecular weight excluding hydrogens is 384 g/mol. The maximum atomic E-state index is 11.6. The zero-order valence-electron chi connectivity index (χ0n) is 13.4. The highest BCUT2D eigenvalue weighted by Gasteiger charge is 2.18. The Kier molecular flexibility index (Phi) is 3.93. The standard InChI is InChI=1S/C18H15BrN4O2/c1-25-16(24)9-21-18-17(22-15-7-6-11(19)10-23(15)18)13-8-20-14-5-3-2-4-12(13)14/h2-8,10,20-21H,9H2,1H3. The molecule has 7 heteroatoms. The monoisotopic (exact) mass is 398 g/mol. The van der Waals surface area contributed by atoms with Crippen molar-refractivity contribution in [3.05, 3.63) is 53.3 Å². The number of methoxy groups -OCH3 is 1. The lowest BCUT2D eigenvalue weighted by molar-refractivity contribution is -0.138. The van der Waals surface area contributed by atoms with E-state index in [-0.39, 0.29) is 12.5 Å². The number of rotatable bonds is 4. The zero-order valence-corrected chi connectivity index (χ0v) is 15.0. The topological polar surface area (TPSA) is 71.4 Å². The van der Waals surface area contributed by atoms with E-state index in [0.717, 1.165) is 38.1 Å². The largest absolute Gasteiger partial charge is 0.468 e. The highest BCUT2D eigenvalue weighted by molar-refractivity contribution is 9.10. The van der Waals surface area contributed by atoms with Crippen molar-refractivity contribution in [2.45, 2.75) is 0 Å². The predicted octanol–water partition coefficient (Wildman–Crippen LogP) is 3.83. The number of hydrogen-bond donors (Lipinski definition) is 2. The number of pyridine rings is 1. The van der Waals surface area contributed by atoms with Gasteiger partial charge in [-0.25, -0.2) is 4.98 Å². The van der Waals surface area contributed by atoms with Crippen molar-refractivity contribution < 1.29 is 9.53 Å². The number of aromatic amines is 1. The van der Waals surface area contributed by atoms with E-state index < -0.39 is 0 Å². The van der Waals surface area contributed by atoms with E-state index in [1.54, 1.807) is 0 Å². The molecule has 0 fully saturated rings. The van der Waals surface area contributed by atoms with Crippen LogP contribution in [0, 0.1) is 0 Å². The van der Waals surface area contributed by atoms with Crippen LogP contribution in [0.25, 0.3) is 27.8 Å². The van der Waals surface area contributed by atoms with Crippen molar-refractivity contribution in [3.8, 4) is 11.3 Å². The van der Waals surface area contributed by atoms with Gasteiger partial charge in [-0.2, -0.15) is 0 Å². The summed E-state index contributed by atoms with van der Waals surface area (Å²) in [7, 11) is 1.37. The Bertz CT molecular complexity index is 1080. The van der Waals surface area contributed by atoms with E-state index in [9.17, 15) is 4.79 Å². The normalized spacial score (nSPS) is 11.1. The van der Waals surface area contributed by atoms with Gasteiger partial charge in [-0.15, -0.1) is 0 Å². The number of para-hydroxylation sites is 1. The first-order valence-electron chi connectivity index (χ1n) is 7.72. The Morgan fingerprint density at radius 2 is 2.16 bits per heavy atom. The molecular formula is C18H15BrN4O2. The van der Waals surface area contributed by atoms with Crippen LogP contribution in [0.4, 0.5) is 5.82 Å². The minimum Gasteiger partial charge on any atom is -0.468 e. The number of H-pyrrole nitrogens is 1. The van der Waals surface area contributed by atoms with Crippen LogP contribution in [-0.2, 0) is 9.53 Å². The third kappa shape index (κ3) is 2.76. The van der Waals surface area contributed by atoms with Gasteiger partial charge in [0.25, 0.3) is 0 Å². The quantitative estimate of drug-likeness (QED) is 0.512. The molecule has 0 saturated heterocycles. The van der Waals surface area contributed by atoms with Gasteiger partial charge in [-0.3, -0.25) is 9.20 Å². The van der Waals surface area contributed by atoms with Gasteiger partial charge in [-0.05, 0) is 34.1 Å². The number of fused-ring (bicyclic) bond motifs is 2. The molecule has 3 aromatic heterocycles. The second-order valence-corrected chi connectivity index (χ2v) is 6.48. The Morgan fingerprint density at radius 3 is 3.00 bits per heavy atom. The van der Waals surface area contributed by atoms with Gasteiger partial charge in [0.15, 0.2) is 0 Å². The van der Waals surface area contributed by atoms with E-state index in [4.69, 9.17) is 9.72 Å². The third-order valence-electron chi connectivity index (χ3n) is 4.05. The number of aromatic nitrogens is 3. The molecule has 0 aliphatic rings. The smallest absolute Gasteiger partial charge is 0.325 e. The molecule has 0 spiro atoms. The van der Waals surface area contributed by atoms with Gasteiger partial charge in [0.2, 0.25) is 0 Å². The highest BCUT2D eigenvalue weighted by Crippen LogP contribution is 2.34. The van der Waals surface area contributed by atoms with Crippen LogP contribution in [0.1, 0.15) is 0 Å². The van der Waals surface area contributed by atoms with Crippen LogP contribution in [0.5, 0.6) is 0 Å². The average molecular weight is 399 g/mol. The second-order valence-electron chi connectivity index (χ2n) is 5.56. The molecule has 0 aliphatic heterocycles. The van der Waals surface area contributed by atoms with Crippen molar-refractivity contribution in [1.29, 1.82) is 0 Å². The summed E-state index contributed by atoms with van der Waals surface area (Å²) < 4.78 is 7.58. The van der Waals surface area contributed by atoms with Crippen molar-refractivity contribution in [2.24, 2.45) is 0 Å². The minimum atomic E-state index is -0.338. The molecule has 0 unspecified atom stereocenters. The van der Waals surface area contributed by atoms with Crippen LogP contribution in [-0.4, -0.2) is 34.0 Å². The Labute approximate surface area is 152 Å². The van der Waals surface area contributed by atoms with E-state index in [2.05, 4.69) is 26.2 Å². The van der Waals surface area contributed by atoms with Crippen molar-refractivity contribution in [2.75, 3.05) is 19.0 Å². The van der Waals surface area contributed by atoms with Crippen molar-refractivity contribution >= 4 is 44.3 Å². The van der Waals surface area contributed by atoms with E-state index in [0.29, 0.717) is 0 Å². The van der Waals surface area contributed by atoms with E-state index >= 15 is 0 Å². The van der Waals surface area contributed by atoms with Crippen molar-refractivity contribution in [3.63, 3.8) is 0 Å². The fourth-order valence-electron chi connectivity index (χ4n) is 2.87. The van der Waals surface area contributed by atoms with Crippen LogP contribution >= 0.6 is 15.9 Å². The Balaban J connectivity index is 1.91. The summed E-state index contributed by atoms with van der Waals surface area (Å²) in [4.78, 5) is 19.6. The maximum absolute atomic E-state index is 11.6. The predicted molar refractivity (Wildman–Crippen MR) is 101 cm³/mol. The fraction of sp³-hybridized carbons (Fsp3) is 0.111. The first-order chi connectivity index (χ1) is 12.2. The Hall–Kier alpha value is -2.80. The average Bonchev–Trinajstić information content (AvgIpc) is 3.20. The number of hydrogen-bond acceptors (Lipinski definition) is 4. The number of nitrogens with one attached hydrogen (secondary N) is 2. The van der Waals surface area contributed by atoms with Crippen LogP contribution < -0.4 is 5.32 Å². The molecule has 1 aromatic carbocycles. The first-order valence-corrected chi connectivity index (χ1v) is 8.51. The molecule has 0 saturated carbocycles. The van der Waals surface area contributed by atoms with E-state index in [1.165, 1.54) is 7.11 Å². The highest BCUT2D eigenvalue weighted by atomic mass is 79.9. The summed E-state index contributed by atoms with van der Waals surface area (Å²) in [6, 6.07) is 11.9. The third-order valence-corrected chi connectivity index (χ3v) is 4.52. The first kappa shape index (κ1) is 15.7. The van der Waals surface area contributed by atoms with Gasteiger partial charge in [-0.1, -0.05) is 18.2 Å². The SMILES string of the molecule is COC(=O)CNc1c(-c2c[nH]c3ccccc23)nc2ccc(Br)cn12. The molecule has 4 rings (SSSR count). The fourth-order valence-corrected chi connectivity index (χ4v) is 3.21. The molecule has 2 N–H and O–H groups in total. The zero-order chi connectivity index (χ0) is 17.4. The van der Waals surface area contributed by atoms with Crippen LogP contribution in [0.2, 0.25) is 0 Å². The Morgan fingerprint density at radius 1 is 1.32 bits per heavy atom. The van der Waals surface area contributed by atoms with Gasteiger partial charge >= 0.3 is 5.97 Å². The minimum absolute atomic E-state index is 0.0617. The molecule has 6 nitrogen and oxygen atoms in total. The summed E-state index contributed by atoms with van der Waals surface area (Å²) >= 11 is 3.48. The van der Waals surface area contributed by atoms with Crippen LogP contribution in [0.15, 0.2) is 53.3 Å². The number of carbonyl (C=O) groups excluding carboxylic acids is 1. The summed E-state index contributed by atoms with van der Waals surface area (Å²) in [6.45, 7) is 0.0617. The summed E-state index contributed by atoms with van der Waals surface area (Å²) in [5.41, 5.74) is 3.58. The number of imidazole rings is 1. The lowest BCUT2D eigenvalue weighted by Gasteiger charge is -2.07. The molecule has 25 heavy (non-hydrogen) atoms. The van der Waals surface area contributed by atoms with Gasteiger partial charge in [0.1, 0.15) is 23.7 Å². The summed E-state index contributed by atoms with van der Waals surface area (Å²) in [5.74, 6) is 0.404. The molecule has 126 valence electrons. The van der Waals surface area contributed by atoms with Gasteiger partial charge < -0.3 is 15.0 Å². The number of ether oxygens (including phenoxy) is 1. The van der Waals surface area contributed by atoms with E-state index in [1.807, 2.05) is 53.2 Å². The lowest BCUT2D eigenvalue weighted by Crippen LogP contribution is -2.16. The number of esters is 1. The molecule has 0 radical (unpaired) electrons. The van der Waals surface area contributed by atoms with Gasteiger partial charge in [0.05, 0.1) is 7.11 Å². The maximum Gasteiger partial charge on any atom is 0.325 e. The number of halogens is 1. The molecule has 0 aliphatic carbocycles. The second kappa shape index (κ2) is 6.25. The number of anilines is 1. The van der Waals surface area contributed by atoms with Crippen molar-refractivity contribution in [1.82, 2.24) is 14.4 Å². The lowest BCUT2D eigenvalue weighted by atomic mass is 10.1. The summed E-state index contributed by atoms with van der Waals surface area (Å²) in [6.07, 6.45) is 3.85. The summed E-state index contributed by atoms with van der Waals surface area (Å²) in [5, 5.41) is 4.23. The molecule has 0 bridgehead atoms. The molecule has 0 amide bonds. The molecule has 4 aromatic rings. The molecule has 3 heterocycles. The van der Waals surface area contributed by atoms with Crippen LogP contribution in [0.3, 0.4) is 0 Å². The molecule has 0 atom stereocenters. The number of nitrogens with zero attached hydrogens (tertiary/aromatic N) is 2. The number of carbonyl (C=O) groups is 1.